The third-order valence-corrected chi connectivity index (χ3v) is 4.77. The van der Waals surface area contributed by atoms with Gasteiger partial charge >= 0.3 is 0 Å². The summed E-state index contributed by atoms with van der Waals surface area (Å²) < 4.78 is 0. The molecule has 4 heteroatoms. The second-order valence-electron chi connectivity index (χ2n) is 6.28. The van der Waals surface area contributed by atoms with Gasteiger partial charge in [0.2, 0.25) is 5.91 Å². The Morgan fingerprint density at radius 1 is 1.18 bits per heavy atom. The SMILES string of the molecule is O=C(/C=C/c1ccccc1Cl)N1CCCN(CC2CC2)CC1. The van der Waals surface area contributed by atoms with E-state index in [0.29, 0.717) is 5.02 Å². The van der Waals surface area contributed by atoms with Crippen LogP contribution in [0.3, 0.4) is 0 Å². The van der Waals surface area contributed by atoms with Crippen LogP contribution in [0.4, 0.5) is 0 Å². The van der Waals surface area contributed by atoms with Crippen LogP contribution in [0.1, 0.15) is 24.8 Å². The number of carbonyl (C=O) groups excluding carboxylic acids is 1. The Labute approximate surface area is 137 Å². The van der Waals surface area contributed by atoms with Crippen molar-refractivity contribution in [2.75, 3.05) is 32.7 Å². The normalized spacial score (nSPS) is 20.3. The lowest BCUT2D eigenvalue weighted by Gasteiger charge is -2.20. The third-order valence-electron chi connectivity index (χ3n) is 4.42. The molecule has 0 aromatic heterocycles. The first-order valence-electron chi connectivity index (χ1n) is 8.16. The highest BCUT2D eigenvalue weighted by molar-refractivity contribution is 6.32. The summed E-state index contributed by atoms with van der Waals surface area (Å²) >= 11 is 6.11. The molecule has 2 aliphatic rings. The van der Waals surface area contributed by atoms with Crippen LogP contribution in [-0.4, -0.2) is 48.4 Å². The van der Waals surface area contributed by atoms with E-state index in [1.54, 1.807) is 6.08 Å². The van der Waals surface area contributed by atoms with Crippen molar-refractivity contribution in [3.8, 4) is 0 Å². The Kier molecular flexibility index (Phi) is 5.16. The van der Waals surface area contributed by atoms with E-state index in [1.807, 2.05) is 35.2 Å². The number of hydrogen-bond donors (Lipinski definition) is 0. The van der Waals surface area contributed by atoms with Crippen molar-refractivity contribution in [3.63, 3.8) is 0 Å². The van der Waals surface area contributed by atoms with Crippen LogP contribution in [0.5, 0.6) is 0 Å². The Bertz CT molecular complexity index is 554. The molecule has 0 atom stereocenters. The average Bonchev–Trinajstić information content (AvgIpc) is 3.34. The highest BCUT2D eigenvalue weighted by Crippen LogP contribution is 2.29. The topological polar surface area (TPSA) is 23.6 Å². The highest BCUT2D eigenvalue weighted by Gasteiger charge is 2.25. The van der Waals surface area contributed by atoms with E-state index in [4.69, 9.17) is 11.6 Å². The highest BCUT2D eigenvalue weighted by atomic mass is 35.5. The van der Waals surface area contributed by atoms with Crippen LogP contribution < -0.4 is 0 Å². The largest absolute Gasteiger partial charge is 0.338 e. The molecule has 1 saturated heterocycles. The number of benzene rings is 1. The van der Waals surface area contributed by atoms with Gasteiger partial charge in [0, 0.05) is 37.3 Å². The number of rotatable bonds is 4. The molecule has 1 aliphatic heterocycles. The van der Waals surface area contributed by atoms with E-state index in [1.165, 1.54) is 19.4 Å². The van der Waals surface area contributed by atoms with Crippen LogP contribution in [0.2, 0.25) is 5.02 Å². The van der Waals surface area contributed by atoms with Crippen molar-refractivity contribution in [1.29, 1.82) is 0 Å². The zero-order valence-corrected chi connectivity index (χ0v) is 13.6. The van der Waals surface area contributed by atoms with E-state index in [-0.39, 0.29) is 5.91 Å². The van der Waals surface area contributed by atoms with Crippen LogP contribution in [0.25, 0.3) is 6.08 Å². The van der Waals surface area contributed by atoms with Gasteiger partial charge in [0.25, 0.3) is 0 Å². The van der Waals surface area contributed by atoms with Gasteiger partial charge in [-0.1, -0.05) is 29.8 Å². The maximum absolute atomic E-state index is 12.4. The molecule has 3 nitrogen and oxygen atoms in total. The molecule has 1 saturated carbocycles. The molecule has 0 spiro atoms. The fraction of sp³-hybridized carbons (Fsp3) is 0.500. The molecule has 1 aliphatic carbocycles. The predicted molar refractivity (Wildman–Crippen MR) is 90.8 cm³/mol. The Morgan fingerprint density at radius 2 is 2.00 bits per heavy atom. The molecule has 1 heterocycles. The van der Waals surface area contributed by atoms with Crippen LogP contribution in [-0.2, 0) is 4.79 Å². The molecule has 118 valence electrons. The maximum atomic E-state index is 12.4. The van der Waals surface area contributed by atoms with E-state index in [9.17, 15) is 4.79 Å². The Balaban J connectivity index is 1.54. The summed E-state index contributed by atoms with van der Waals surface area (Å²) in [6, 6.07) is 7.59. The van der Waals surface area contributed by atoms with Crippen molar-refractivity contribution >= 4 is 23.6 Å². The fourth-order valence-electron chi connectivity index (χ4n) is 2.92. The van der Waals surface area contributed by atoms with Crippen molar-refractivity contribution in [2.24, 2.45) is 5.92 Å². The molecule has 0 N–H and O–H groups in total. The second-order valence-corrected chi connectivity index (χ2v) is 6.68. The molecular formula is C18H23ClN2O. The molecule has 0 bridgehead atoms. The Morgan fingerprint density at radius 3 is 2.77 bits per heavy atom. The number of hydrogen-bond acceptors (Lipinski definition) is 2. The minimum absolute atomic E-state index is 0.0909. The predicted octanol–water partition coefficient (Wildman–Crippen LogP) is 3.30. The summed E-state index contributed by atoms with van der Waals surface area (Å²) in [5, 5.41) is 0.679. The van der Waals surface area contributed by atoms with E-state index in [0.717, 1.165) is 44.1 Å². The molecule has 1 amide bonds. The number of carbonyl (C=O) groups is 1. The molecule has 2 fully saturated rings. The standard InChI is InChI=1S/C18H23ClN2O/c19-17-5-2-1-4-16(17)8-9-18(22)21-11-3-10-20(12-13-21)14-15-6-7-15/h1-2,4-5,8-9,15H,3,6-7,10-14H2/b9-8+. The minimum Gasteiger partial charge on any atom is -0.338 e. The van der Waals surface area contributed by atoms with Crippen LogP contribution in [0.15, 0.2) is 30.3 Å². The molecule has 22 heavy (non-hydrogen) atoms. The van der Waals surface area contributed by atoms with Crippen molar-refractivity contribution in [1.82, 2.24) is 9.80 Å². The molecule has 0 unspecified atom stereocenters. The van der Waals surface area contributed by atoms with Gasteiger partial charge in [-0.2, -0.15) is 0 Å². The molecular weight excluding hydrogens is 296 g/mol. The van der Waals surface area contributed by atoms with Gasteiger partial charge in [-0.15, -0.1) is 0 Å². The van der Waals surface area contributed by atoms with E-state index < -0.39 is 0 Å². The zero-order chi connectivity index (χ0) is 15.4. The maximum Gasteiger partial charge on any atom is 0.246 e. The summed E-state index contributed by atoms with van der Waals surface area (Å²) in [6.07, 6.45) is 7.31. The first-order valence-corrected chi connectivity index (χ1v) is 8.54. The fourth-order valence-corrected chi connectivity index (χ4v) is 3.11. The summed E-state index contributed by atoms with van der Waals surface area (Å²) in [4.78, 5) is 16.8. The zero-order valence-electron chi connectivity index (χ0n) is 12.9. The lowest BCUT2D eigenvalue weighted by atomic mass is 10.2. The number of nitrogens with zero attached hydrogens (tertiary/aromatic N) is 2. The van der Waals surface area contributed by atoms with Crippen molar-refractivity contribution < 1.29 is 4.79 Å². The van der Waals surface area contributed by atoms with E-state index in [2.05, 4.69) is 4.90 Å². The monoisotopic (exact) mass is 318 g/mol. The van der Waals surface area contributed by atoms with Gasteiger partial charge in [-0.05, 0) is 49.4 Å². The van der Waals surface area contributed by atoms with Gasteiger partial charge in [-0.3, -0.25) is 4.79 Å². The van der Waals surface area contributed by atoms with Gasteiger partial charge < -0.3 is 9.80 Å². The summed E-state index contributed by atoms with van der Waals surface area (Å²) in [6.45, 7) is 5.03. The van der Waals surface area contributed by atoms with Crippen LogP contribution >= 0.6 is 11.6 Å². The number of amides is 1. The lowest BCUT2D eigenvalue weighted by molar-refractivity contribution is -0.125. The first-order chi connectivity index (χ1) is 10.7. The van der Waals surface area contributed by atoms with Gasteiger partial charge in [-0.25, -0.2) is 0 Å². The summed E-state index contributed by atoms with van der Waals surface area (Å²) in [7, 11) is 0. The smallest absolute Gasteiger partial charge is 0.246 e. The van der Waals surface area contributed by atoms with Gasteiger partial charge in [0.1, 0.15) is 0 Å². The quantitative estimate of drug-likeness (QED) is 0.795. The van der Waals surface area contributed by atoms with Crippen molar-refractivity contribution in [2.45, 2.75) is 19.3 Å². The minimum atomic E-state index is 0.0909. The third kappa shape index (κ3) is 4.34. The van der Waals surface area contributed by atoms with Gasteiger partial charge in [0.05, 0.1) is 0 Å². The molecule has 1 aromatic carbocycles. The van der Waals surface area contributed by atoms with Gasteiger partial charge in [0.15, 0.2) is 0 Å². The molecule has 3 rings (SSSR count). The average molecular weight is 319 g/mol. The van der Waals surface area contributed by atoms with Crippen LogP contribution in [0, 0.1) is 5.92 Å². The van der Waals surface area contributed by atoms with Crippen molar-refractivity contribution in [3.05, 3.63) is 40.9 Å². The first kappa shape index (κ1) is 15.6. The molecule has 0 radical (unpaired) electrons. The summed E-state index contributed by atoms with van der Waals surface area (Å²) in [5.74, 6) is 1.01. The second kappa shape index (κ2) is 7.30. The lowest BCUT2D eigenvalue weighted by Crippen LogP contribution is -2.34. The summed E-state index contributed by atoms with van der Waals surface area (Å²) in [5.41, 5.74) is 0.891. The Hall–Kier alpha value is -1.32. The number of halogens is 1. The molecule has 1 aromatic rings. The van der Waals surface area contributed by atoms with E-state index >= 15 is 0 Å².